The van der Waals surface area contributed by atoms with Crippen LogP contribution in [0.25, 0.3) is 0 Å². The van der Waals surface area contributed by atoms with Gasteiger partial charge >= 0.3 is 12.1 Å². The average Bonchev–Trinajstić information content (AvgIpc) is 3.32. The highest BCUT2D eigenvalue weighted by Crippen LogP contribution is 2.34. The molecule has 0 radical (unpaired) electrons. The zero-order chi connectivity index (χ0) is 20.2. The van der Waals surface area contributed by atoms with Gasteiger partial charge in [-0.05, 0) is 43.4 Å². The summed E-state index contributed by atoms with van der Waals surface area (Å²) in [5, 5.41) is 2.81. The van der Waals surface area contributed by atoms with Gasteiger partial charge < -0.3 is 20.0 Å². The van der Waals surface area contributed by atoms with Gasteiger partial charge in [-0.1, -0.05) is 18.2 Å². The molecule has 150 valence electrons. The van der Waals surface area contributed by atoms with Crippen molar-refractivity contribution in [3.63, 3.8) is 0 Å². The molecule has 0 aromatic heterocycles. The van der Waals surface area contributed by atoms with Crippen molar-refractivity contribution in [1.29, 1.82) is 0 Å². The lowest BCUT2D eigenvalue weighted by atomic mass is 9.99. The molecule has 1 aromatic rings. The minimum absolute atomic E-state index is 0.0280. The quantitative estimate of drug-likeness (QED) is 0.859. The number of amides is 5. The van der Waals surface area contributed by atoms with Crippen LogP contribution in [0, 0.1) is 13.8 Å². The molecule has 0 bridgehead atoms. The Morgan fingerprint density at radius 1 is 1.14 bits per heavy atom. The summed E-state index contributed by atoms with van der Waals surface area (Å²) in [5.41, 5.74) is 3.59. The highest BCUT2D eigenvalue weighted by atomic mass is 16.2. The van der Waals surface area contributed by atoms with Gasteiger partial charge in [0.1, 0.15) is 18.9 Å². The Bertz CT molecular complexity index is 841. The number of aryl methyl sites for hydroxylation is 2. The summed E-state index contributed by atoms with van der Waals surface area (Å²) >= 11 is 0. The standard InChI is InChI=1S/C20H27N5O3/c1-12-7-8-14(10-13(12)2)15-6-5-9-24(15)16(26)11-25-18-17(21-19(25)27)22(3)20(28)23(18)4/h7-8,10,15,17-18H,5-6,9,11H2,1-4H3,(H,21,27)/t15-,17-,18-/m0/s1. The number of nitrogens with zero attached hydrogens (tertiary/aromatic N) is 4. The smallest absolute Gasteiger partial charge is 0.323 e. The largest absolute Gasteiger partial charge is 0.334 e. The fraction of sp³-hybridized carbons (Fsp3) is 0.550. The van der Waals surface area contributed by atoms with E-state index in [1.165, 1.54) is 25.8 Å². The van der Waals surface area contributed by atoms with Crippen molar-refractivity contribution in [3.8, 4) is 0 Å². The van der Waals surface area contributed by atoms with Crippen LogP contribution in [0.1, 0.15) is 35.6 Å². The molecule has 8 heteroatoms. The number of nitrogens with one attached hydrogen (secondary N) is 1. The van der Waals surface area contributed by atoms with Crippen molar-refractivity contribution < 1.29 is 14.4 Å². The Morgan fingerprint density at radius 2 is 1.89 bits per heavy atom. The highest BCUT2D eigenvalue weighted by Gasteiger charge is 2.53. The first-order valence-corrected chi connectivity index (χ1v) is 9.73. The number of rotatable bonds is 3. The van der Waals surface area contributed by atoms with Crippen molar-refractivity contribution in [2.24, 2.45) is 0 Å². The van der Waals surface area contributed by atoms with E-state index in [1.54, 1.807) is 14.1 Å². The van der Waals surface area contributed by atoms with Crippen LogP contribution in [0.4, 0.5) is 9.59 Å². The van der Waals surface area contributed by atoms with E-state index in [1.807, 2.05) is 4.90 Å². The third kappa shape index (κ3) is 2.78. The van der Waals surface area contributed by atoms with Gasteiger partial charge in [0.05, 0.1) is 6.04 Å². The van der Waals surface area contributed by atoms with Crippen molar-refractivity contribution in [2.45, 2.75) is 45.1 Å². The molecule has 0 aliphatic carbocycles. The number of benzene rings is 1. The lowest BCUT2D eigenvalue weighted by Gasteiger charge is -2.30. The van der Waals surface area contributed by atoms with E-state index in [0.717, 1.165) is 18.4 Å². The van der Waals surface area contributed by atoms with Crippen molar-refractivity contribution in [2.75, 3.05) is 27.2 Å². The minimum atomic E-state index is -0.461. The molecule has 3 saturated heterocycles. The number of hydrogen-bond donors (Lipinski definition) is 1. The topological polar surface area (TPSA) is 76.2 Å². The van der Waals surface area contributed by atoms with Crippen LogP contribution in [0.3, 0.4) is 0 Å². The molecular weight excluding hydrogens is 358 g/mol. The van der Waals surface area contributed by atoms with Gasteiger partial charge in [-0.25, -0.2) is 9.59 Å². The maximum atomic E-state index is 13.1. The van der Waals surface area contributed by atoms with Crippen molar-refractivity contribution in [3.05, 3.63) is 34.9 Å². The Morgan fingerprint density at radius 3 is 2.61 bits per heavy atom. The molecule has 3 fully saturated rings. The summed E-state index contributed by atoms with van der Waals surface area (Å²) in [7, 11) is 3.32. The third-order valence-electron chi connectivity index (χ3n) is 6.35. The summed E-state index contributed by atoms with van der Waals surface area (Å²) < 4.78 is 0. The summed E-state index contributed by atoms with van der Waals surface area (Å²) in [6.07, 6.45) is 0.986. The Hall–Kier alpha value is -2.77. The normalized spacial score (nSPS) is 26.9. The number of likely N-dealkylation sites (tertiary alicyclic amines) is 1. The molecule has 1 aromatic carbocycles. The van der Waals surface area contributed by atoms with Gasteiger partial charge in [0.2, 0.25) is 5.91 Å². The monoisotopic (exact) mass is 385 g/mol. The average molecular weight is 385 g/mol. The molecule has 3 aliphatic heterocycles. The molecule has 0 saturated carbocycles. The maximum Gasteiger partial charge on any atom is 0.323 e. The fourth-order valence-corrected chi connectivity index (χ4v) is 4.56. The molecule has 5 amide bonds. The lowest BCUT2D eigenvalue weighted by molar-refractivity contribution is -0.133. The van der Waals surface area contributed by atoms with Gasteiger partial charge in [0.15, 0.2) is 0 Å². The molecule has 3 atom stereocenters. The highest BCUT2D eigenvalue weighted by molar-refractivity contribution is 5.89. The SMILES string of the molecule is Cc1ccc([C@@H]2CCCN2C(=O)CN2C(=O)N[C@@H]3[C@H]2N(C)C(=O)N3C)cc1C. The Balaban J connectivity index is 1.52. The predicted molar refractivity (Wildman–Crippen MR) is 103 cm³/mol. The third-order valence-corrected chi connectivity index (χ3v) is 6.35. The van der Waals surface area contributed by atoms with Gasteiger partial charge in [0.25, 0.3) is 0 Å². The van der Waals surface area contributed by atoms with E-state index in [9.17, 15) is 14.4 Å². The zero-order valence-electron chi connectivity index (χ0n) is 16.8. The number of hydrogen-bond acceptors (Lipinski definition) is 3. The summed E-state index contributed by atoms with van der Waals surface area (Å²) in [6, 6.07) is 5.91. The van der Waals surface area contributed by atoms with Crippen molar-refractivity contribution >= 4 is 18.0 Å². The summed E-state index contributed by atoms with van der Waals surface area (Å²) in [4.78, 5) is 44.1. The van der Waals surface area contributed by atoms with E-state index in [4.69, 9.17) is 0 Å². The molecule has 3 heterocycles. The first-order chi connectivity index (χ1) is 13.3. The van der Waals surface area contributed by atoms with E-state index in [2.05, 4.69) is 37.4 Å². The molecule has 8 nitrogen and oxygen atoms in total. The second kappa shape index (κ2) is 6.68. The van der Waals surface area contributed by atoms with Gasteiger partial charge in [-0.15, -0.1) is 0 Å². The predicted octanol–water partition coefficient (Wildman–Crippen LogP) is 1.64. The number of fused-ring (bicyclic) bond motifs is 1. The molecule has 4 rings (SSSR count). The molecular formula is C20H27N5O3. The zero-order valence-corrected chi connectivity index (χ0v) is 16.8. The lowest BCUT2D eigenvalue weighted by Crippen LogP contribution is -2.49. The van der Waals surface area contributed by atoms with E-state index in [-0.39, 0.29) is 30.6 Å². The molecule has 0 unspecified atom stereocenters. The van der Waals surface area contributed by atoms with Gasteiger partial charge in [-0.2, -0.15) is 0 Å². The van der Waals surface area contributed by atoms with Gasteiger partial charge in [-0.3, -0.25) is 9.69 Å². The Kier molecular flexibility index (Phi) is 4.44. The fourth-order valence-electron chi connectivity index (χ4n) is 4.56. The molecule has 0 spiro atoms. The van der Waals surface area contributed by atoms with Crippen LogP contribution in [0.15, 0.2) is 18.2 Å². The first-order valence-electron chi connectivity index (χ1n) is 9.73. The summed E-state index contributed by atoms with van der Waals surface area (Å²) in [5.74, 6) is -0.0769. The molecule has 1 N–H and O–H groups in total. The van der Waals surface area contributed by atoms with E-state index >= 15 is 0 Å². The van der Waals surface area contributed by atoms with Crippen LogP contribution in [-0.4, -0.2) is 77.1 Å². The van der Waals surface area contributed by atoms with E-state index in [0.29, 0.717) is 6.54 Å². The van der Waals surface area contributed by atoms with Crippen molar-refractivity contribution in [1.82, 2.24) is 24.9 Å². The number of urea groups is 2. The van der Waals surface area contributed by atoms with Crippen LogP contribution < -0.4 is 5.32 Å². The second-order valence-electron chi connectivity index (χ2n) is 8.03. The second-order valence-corrected chi connectivity index (χ2v) is 8.03. The number of carbonyl (C=O) groups is 3. The molecule has 28 heavy (non-hydrogen) atoms. The van der Waals surface area contributed by atoms with Crippen LogP contribution in [0.5, 0.6) is 0 Å². The number of likely N-dealkylation sites (N-methyl/N-ethyl adjacent to an activating group) is 2. The van der Waals surface area contributed by atoms with E-state index < -0.39 is 12.3 Å². The molecule has 3 aliphatic rings. The van der Waals surface area contributed by atoms with Crippen LogP contribution in [0.2, 0.25) is 0 Å². The maximum absolute atomic E-state index is 13.1. The Labute approximate surface area is 165 Å². The summed E-state index contributed by atoms with van der Waals surface area (Å²) in [6.45, 7) is 4.82. The van der Waals surface area contributed by atoms with Gasteiger partial charge in [0, 0.05) is 20.6 Å². The minimum Gasteiger partial charge on any atom is -0.334 e. The number of carbonyl (C=O) groups excluding carboxylic acids is 3. The first kappa shape index (κ1) is 18.6. The van der Waals surface area contributed by atoms with Crippen LogP contribution in [-0.2, 0) is 4.79 Å². The van der Waals surface area contributed by atoms with Crippen LogP contribution >= 0.6 is 0 Å².